The highest BCUT2D eigenvalue weighted by Gasteiger charge is 2.06. The van der Waals surface area contributed by atoms with E-state index in [-0.39, 0.29) is 18.3 Å². The van der Waals surface area contributed by atoms with Crippen molar-refractivity contribution in [3.05, 3.63) is 34.3 Å². The van der Waals surface area contributed by atoms with Crippen LogP contribution in [-0.2, 0) is 11.3 Å². The number of hydrogen-bond donors (Lipinski definition) is 2. The van der Waals surface area contributed by atoms with Crippen LogP contribution in [0.5, 0.6) is 0 Å². The van der Waals surface area contributed by atoms with Gasteiger partial charge < -0.3 is 11.1 Å². The molecule has 3 nitrogen and oxygen atoms in total. The number of nitrogens with two attached hydrogens (primary N) is 1. The number of carbonyl (C=O) groups is 1. The van der Waals surface area contributed by atoms with Gasteiger partial charge in [0, 0.05) is 11.6 Å². The van der Waals surface area contributed by atoms with Gasteiger partial charge >= 0.3 is 0 Å². The lowest BCUT2D eigenvalue weighted by molar-refractivity contribution is -0.122. The molecule has 0 fully saturated rings. The number of carbonyl (C=O) groups excluding carboxylic acids is 1. The lowest BCUT2D eigenvalue weighted by Gasteiger charge is -2.08. The zero-order chi connectivity index (χ0) is 11.4. The van der Waals surface area contributed by atoms with E-state index >= 15 is 0 Å². The monoisotopic (exact) mass is 262 g/mol. The summed E-state index contributed by atoms with van der Waals surface area (Å²) in [7, 11) is 0. The van der Waals surface area contributed by atoms with E-state index in [0.717, 1.165) is 16.1 Å². The Kier molecular flexibility index (Phi) is 6.41. The molecule has 16 heavy (non-hydrogen) atoms. The molecule has 1 aromatic rings. The van der Waals surface area contributed by atoms with Crippen LogP contribution in [0.1, 0.15) is 18.1 Å². The number of aryl methyl sites for hydroxylation is 1. The highest BCUT2D eigenvalue weighted by atomic mass is 35.5. The van der Waals surface area contributed by atoms with E-state index in [1.807, 2.05) is 25.1 Å². The van der Waals surface area contributed by atoms with Crippen LogP contribution in [-0.4, -0.2) is 11.9 Å². The number of nitrogens with one attached hydrogen (secondary N) is 1. The fourth-order valence-electron chi connectivity index (χ4n) is 1.17. The molecular formula is C11H16Cl2N2O. The van der Waals surface area contributed by atoms with Gasteiger partial charge in [-0.25, -0.2) is 0 Å². The van der Waals surface area contributed by atoms with Gasteiger partial charge in [-0.3, -0.25) is 4.79 Å². The zero-order valence-electron chi connectivity index (χ0n) is 9.29. The predicted molar refractivity (Wildman–Crippen MR) is 68.9 cm³/mol. The third-order valence-electron chi connectivity index (χ3n) is 2.10. The number of rotatable bonds is 3. The van der Waals surface area contributed by atoms with Crippen molar-refractivity contribution in [3.63, 3.8) is 0 Å². The average molecular weight is 263 g/mol. The summed E-state index contributed by atoms with van der Waals surface area (Å²) in [4.78, 5) is 11.2. The summed E-state index contributed by atoms with van der Waals surface area (Å²) in [5.74, 6) is -0.150. The van der Waals surface area contributed by atoms with Crippen LogP contribution < -0.4 is 11.1 Å². The van der Waals surface area contributed by atoms with Crippen molar-refractivity contribution in [2.24, 2.45) is 5.73 Å². The Labute approximate surface area is 107 Å². The fraction of sp³-hybridized carbons (Fsp3) is 0.364. The summed E-state index contributed by atoms with van der Waals surface area (Å²) in [6.07, 6.45) is 0. The normalized spacial score (nSPS) is 11.5. The van der Waals surface area contributed by atoms with Gasteiger partial charge in [-0.15, -0.1) is 12.4 Å². The molecular weight excluding hydrogens is 247 g/mol. The molecule has 90 valence electrons. The molecule has 0 aliphatic carbocycles. The predicted octanol–water partition coefficient (Wildman–Crippen LogP) is 2.03. The van der Waals surface area contributed by atoms with E-state index in [0.29, 0.717) is 6.54 Å². The van der Waals surface area contributed by atoms with Crippen LogP contribution in [0.4, 0.5) is 0 Å². The summed E-state index contributed by atoms with van der Waals surface area (Å²) in [6.45, 7) is 4.07. The molecule has 3 N–H and O–H groups in total. The smallest absolute Gasteiger partial charge is 0.236 e. The summed E-state index contributed by atoms with van der Waals surface area (Å²) in [5.41, 5.74) is 7.44. The van der Waals surface area contributed by atoms with Gasteiger partial charge in [0.1, 0.15) is 0 Å². The standard InChI is InChI=1S/C11H15ClN2O.ClH/c1-7-5-9(3-4-10(7)12)6-14-11(15)8(2)13;/h3-5,8H,6,13H2,1-2H3,(H,14,15);1H. The minimum Gasteiger partial charge on any atom is -0.351 e. The van der Waals surface area contributed by atoms with Gasteiger partial charge in [-0.2, -0.15) is 0 Å². The van der Waals surface area contributed by atoms with E-state index in [2.05, 4.69) is 5.32 Å². The van der Waals surface area contributed by atoms with Crippen molar-refractivity contribution in [1.29, 1.82) is 0 Å². The maximum atomic E-state index is 11.2. The summed E-state index contributed by atoms with van der Waals surface area (Å²) in [6, 6.07) is 5.18. The highest BCUT2D eigenvalue weighted by molar-refractivity contribution is 6.31. The third-order valence-corrected chi connectivity index (χ3v) is 2.53. The Balaban J connectivity index is 0.00000225. The van der Waals surface area contributed by atoms with Crippen LogP contribution in [0, 0.1) is 6.92 Å². The SMILES string of the molecule is Cc1cc(CNC(=O)C(C)N)ccc1Cl.Cl. The Morgan fingerprint density at radius 2 is 2.19 bits per heavy atom. The minimum absolute atomic E-state index is 0. The molecule has 0 bridgehead atoms. The van der Waals surface area contributed by atoms with Crippen molar-refractivity contribution in [2.75, 3.05) is 0 Å². The fourth-order valence-corrected chi connectivity index (χ4v) is 1.28. The molecule has 1 atom stereocenters. The van der Waals surface area contributed by atoms with E-state index in [1.165, 1.54) is 0 Å². The molecule has 0 aliphatic rings. The zero-order valence-corrected chi connectivity index (χ0v) is 10.9. The van der Waals surface area contributed by atoms with Crippen LogP contribution >= 0.6 is 24.0 Å². The largest absolute Gasteiger partial charge is 0.351 e. The van der Waals surface area contributed by atoms with Crippen molar-refractivity contribution in [2.45, 2.75) is 26.4 Å². The quantitative estimate of drug-likeness (QED) is 0.876. The lowest BCUT2D eigenvalue weighted by atomic mass is 10.1. The number of benzene rings is 1. The molecule has 0 heterocycles. The topological polar surface area (TPSA) is 55.1 Å². The van der Waals surface area contributed by atoms with E-state index < -0.39 is 6.04 Å². The molecule has 0 saturated carbocycles. The third kappa shape index (κ3) is 4.39. The molecule has 0 saturated heterocycles. The molecule has 0 spiro atoms. The van der Waals surface area contributed by atoms with Crippen molar-refractivity contribution >= 4 is 29.9 Å². The van der Waals surface area contributed by atoms with Crippen molar-refractivity contribution in [3.8, 4) is 0 Å². The molecule has 0 radical (unpaired) electrons. The second-order valence-electron chi connectivity index (χ2n) is 3.59. The number of amides is 1. The molecule has 0 aliphatic heterocycles. The van der Waals surface area contributed by atoms with E-state index in [9.17, 15) is 4.79 Å². The Hall–Kier alpha value is -0.770. The Morgan fingerprint density at radius 3 is 2.69 bits per heavy atom. The van der Waals surface area contributed by atoms with E-state index in [1.54, 1.807) is 6.92 Å². The number of halogens is 2. The summed E-state index contributed by atoms with van der Waals surface area (Å²) >= 11 is 5.89. The van der Waals surface area contributed by atoms with Crippen LogP contribution in [0.2, 0.25) is 5.02 Å². The van der Waals surface area contributed by atoms with Crippen LogP contribution in [0.15, 0.2) is 18.2 Å². The first-order valence-electron chi connectivity index (χ1n) is 4.79. The van der Waals surface area contributed by atoms with E-state index in [4.69, 9.17) is 17.3 Å². The van der Waals surface area contributed by atoms with Crippen molar-refractivity contribution in [1.82, 2.24) is 5.32 Å². The number of hydrogen-bond acceptors (Lipinski definition) is 2. The Morgan fingerprint density at radius 1 is 1.56 bits per heavy atom. The van der Waals surface area contributed by atoms with Gasteiger partial charge in [0.05, 0.1) is 6.04 Å². The van der Waals surface area contributed by atoms with Crippen LogP contribution in [0.3, 0.4) is 0 Å². The van der Waals surface area contributed by atoms with Crippen LogP contribution in [0.25, 0.3) is 0 Å². The van der Waals surface area contributed by atoms with Crippen molar-refractivity contribution < 1.29 is 4.79 Å². The Bertz CT molecular complexity index is 367. The van der Waals surface area contributed by atoms with Gasteiger partial charge in [0.15, 0.2) is 0 Å². The highest BCUT2D eigenvalue weighted by Crippen LogP contribution is 2.15. The first kappa shape index (κ1) is 15.2. The maximum absolute atomic E-state index is 11.2. The summed E-state index contributed by atoms with van der Waals surface area (Å²) in [5, 5.41) is 3.47. The van der Waals surface area contributed by atoms with Gasteiger partial charge in [-0.1, -0.05) is 23.7 Å². The molecule has 1 unspecified atom stereocenters. The summed E-state index contributed by atoms with van der Waals surface area (Å²) < 4.78 is 0. The molecule has 1 aromatic carbocycles. The first-order valence-corrected chi connectivity index (χ1v) is 5.17. The average Bonchev–Trinajstić information content (AvgIpc) is 2.19. The molecule has 1 rings (SSSR count). The molecule has 0 aromatic heterocycles. The first-order chi connectivity index (χ1) is 7.00. The second-order valence-corrected chi connectivity index (χ2v) is 4.00. The molecule has 1 amide bonds. The van der Waals surface area contributed by atoms with Gasteiger partial charge in [0.25, 0.3) is 0 Å². The lowest BCUT2D eigenvalue weighted by Crippen LogP contribution is -2.37. The van der Waals surface area contributed by atoms with Gasteiger partial charge in [0.2, 0.25) is 5.91 Å². The maximum Gasteiger partial charge on any atom is 0.236 e. The second kappa shape index (κ2) is 6.74. The molecule has 5 heteroatoms. The van der Waals surface area contributed by atoms with Gasteiger partial charge in [-0.05, 0) is 31.0 Å². The minimum atomic E-state index is -0.474.